The molecular weight excluding hydrogens is 244 g/mol. The first kappa shape index (κ1) is 8.29. The number of halogens is 1. The molecule has 3 rings (SSSR count). The van der Waals surface area contributed by atoms with Gasteiger partial charge in [-0.15, -0.1) is 0 Å². The first-order valence-corrected chi connectivity index (χ1v) is 5.44. The van der Waals surface area contributed by atoms with Crippen LogP contribution in [0.3, 0.4) is 0 Å². The molecule has 0 atom stereocenters. The van der Waals surface area contributed by atoms with Crippen LogP contribution in [-0.2, 0) is 0 Å². The Balaban J connectivity index is 2.13. The van der Waals surface area contributed by atoms with Crippen molar-refractivity contribution in [3.8, 4) is 0 Å². The Labute approximate surface area is 89.6 Å². The molecule has 1 aromatic heterocycles. The lowest BCUT2D eigenvalue weighted by molar-refractivity contribution is 0.459. The van der Waals surface area contributed by atoms with Gasteiger partial charge in [0.05, 0.1) is 5.39 Å². The van der Waals surface area contributed by atoms with Crippen LogP contribution >= 0.6 is 15.9 Å². The first-order chi connectivity index (χ1) is 6.84. The zero-order chi connectivity index (χ0) is 9.54. The van der Waals surface area contributed by atoms with E-state index in [2.05, 4.69) is 26.4 Å². The number of anilines is 1. The summed E-state index contributed by atoms with van der Waals surface area (Å²) in [6.45, 7) is 0. The van der Waals surface area contributed by atoms with Gasteiger partial charge in [0.25, 0.3) is 0 Å². The summed E-state index contributed by atoms with van der Waals surface area (Å²) < 4.78 is 6.24. The average Bonchev–Trinajstić information content (AvgIpc) is 2.88. The molecule has 1 heterocycles. The quantitative estimate of drug-likeness (QED) is 0.893. The van der Waals surface area contributed by atoms with Gasteiger partial charge in [-0.05, 0) is 40.9 Å². The van der Waals surface area contributed by atoms with E-state index in [0.717, 1.165) is 21.3 Å². The Morgan fingerprint density at radius 3 is 3.07 bits per heavy atom. The summed E-state index contributed by atoms with van der Waals surface area (Å²) in [6.07, 6.45) is 2.47. The second-order valence-electron chi connectivity index (χ2n) is 3.56. The average molecular weight is 253 g/mol. The maximum atomic E-state index is 5.22. The van der Waals surface area contributed by atoms with Crippen LogP contribution in [0.5, 0.6) is 0 Å². The highest BCUT2D eigenvalue weighted by Gasteiger charge is 2.23. The third kappa shape index (κ3) is 1.30. The fourth-order valence-corrected chi connectivity index (χ4v) is 2.01. The summed E-state index contributed by atoms with van der Waals surface area (Å²) in [7, 11) is 0. The highest BCUT2D eigenvalue weighted by molar-refractivity contribution is 9.10. The lowest BCUT2D eigenvalue weighted by Crippen LogP contribution is -2.00. The Hall–Kier alpha value is -1.03. The van der Waals surface area contributed by atoms with Crippen LogP contribution < -0.4 is 5.32 Å². The zero-order valence-electron chi connectivity index (χ0n) is 7.46. The zero-order valence-corrected chi connectivity index (χ0v) is 9.04. The number of aromatic nitrogens is 1. The standard InChI is InChI=1S/C10H9BrN2O/c11-7-2-1-3-8-9(7)10(13-14-8)12-6-4-5-6/h1-3,6H,4-5H2,(H,12,13). The van der Waals surface area contributed by atoms with E-state index in [1.807, 2.05) is 18.2 Å². The van der Waals surface area contributed by atoms with Crippen LogP contribution in [0, 0.1) is 0 Å². The van der Waals surface area contributed by atoms with Gasteiger partial charge in [-0.2, -0.15) is 0 Å². The van der Waals surface area contributed by atoms with E-state index in [4.69, 9.17) is 4.52 Å². The number of nitrogens with one attached hydrogen (secondary N) is 1. The highest BCUT2D eigenvalue weighted by atomic mass is 79.9. The van der Waals surface area contributed by atoms with Crippen molar-refractivity contribution in [3.05, 3.63) is 22.7 Å². The second-order valence-corrected chi connectivity index (χ2v) is 4.42. The molecule has 1 N–H and O–H groups in total. The molecule has 72 valence electrons. The largest absolute Gasteiger partial charge is 0.364 e. The van der Waals surface area contributed by atoms with E-state index < -0.39 is 0 Å². The molecule has 1 aliphatic rings. The third-order valence-electron chi connectivity index (χ3n) is 2.37. The Morgan fingerprint density at radius 2 is 2.29 bits per heavy atom. The number of fused-ring (bicyclic) bond motifs is 1. The molecule has 0 bridgehead atoms. The van der Waals surface area contributed by atoms with Gasteiger partial charge in [-0.25, -0.2) is 0 Å². The Bertz CT molecular complexity index is 476. The number of benzene rings is 1. The van der Waals surface area contributed by atoms with Gasteiger partial charge in [-0.1, -0.05) is 11.2 Å². The molecule has 2 aromatic rings. The maximum Gasteiger partial charge on any atom is 0.178 e. The topological polar surface area (TPSA) is 38.1 Å². The van der Waals surface area contributed by atoms with Crippen molar-refractivity contribution in [1.29, 1.82) is 0 Å². The van der Waals surface area contributed by atoms with Crippen LogP contribution in [0.2, 0.25) is 0 Å². The van der Waals surface area contributed by atoms with E-state index in [1.54, 1.807) is 0 Å². The van der Waals surface area contributed by atoms with Crippen LogP contribution in [0.4, 0.5) is 5.82 Å². The lowest BCUT2D eigenvalue weighted by Gasteiger charge is -1.99. The normalized spacial score (nSPS) is 16.1. The molecule has 0 aliphatic heterocycles. The minimum absolute atomic E-state index is 0.593. The van der Waals surface area contributed by atoms with Crippen molar-refractivity contribution in [2.75, 3.05) is 5.32 Å². The van der Waals surface area contributed by atoms with Gasteiger partial charge in [0, 0.05) is 10.5 Å². The molecule has 0 saturated heterocycles. The van der Waals surface area contributed by atoms with Gasteiger partial charge in [0.1, 0.15) is 0 Å². The molecule has 1 aromatic carbocycles. The molecule has 0 radical (unpaired) electrons. The van der Waals surface area contributed by atoms with Gasteiger partial charge >= 0.3 is 0 Å². The fourth-order valence-electron chi connectivity index (χ4n) is 1.47. The van der Waals surface area contributed by atoms with Crippen LogP contribution in [0.1, 0.15) is 12.8 Å². The lowest BCUT2D eigenvalue weighted by atomic mass is 10.2. The summed E-state index contributed by atoms with van der Waals surface area (Å²) in [5.41, 5.74) is 0.822. The molecule has 0 spiro atoms. The van der Waals surface area contributed by atoms with Crippen LogP contribution in [-0.4, -0.2) is 11.2 Å². The molecule has 1 fully saturated rings. The van der Waals surface area contributed by atoms with Crippen molar-refractivity contribution in [3.63, 3.8) is 0 Å². The minimum atomic E-state index is 0.593. The predicted octanol–water partition coefficient (Wildman–Crippen LogP) is 3.16. The van der Waals surface area contributed by atoms with Gasteiger partial charge < -0.3 is 9.84 Å². The summed E-state index contributed by atoms with van der Waals surface area (Å²) in [5, 5.41) is 8.41. The molecule has 1 aliphatic carbocycles. The Kier molecular flexibility index (Phi) is 1.77. The minimum Gasteiger partial charge on any atom is -0.364 e. The third-order valence-corrected chi connectivity index (χ3v) is 3.03. The molecule has 1 saturated carbocycles. The summed E-state index contributed by atoms with van der Waals surface area (Å²) in [5.74, 6) is 0.856. The van der Waals surface area contributed by atoms with Crippen molar-refractivity contribution in [2.24, 2.45) is 0 Å². The number of nitrogens with zero attached hydrogens (tertiary/aromatic N) is 1. The van der Waals surface area contributed by atoms with E-state index in [-0.39, 0.29) is 0 Å². The molecule has 0 amide bonds. The van der Waals surface area contributed by atoms with Gasteiger partial charge in [0.15, 0.2) is 11.4 Å². The highest BCUT2D eigenvalue weighted by Crippen LogP contribution is 2.33. The number of hydrogen-bond donors (Lipinski definition) is 1. The fraction of sp³-hybridized carbons (Fsp3) is 0.300. The van der Waals surface area contributed by atoms with Crippen molar-refractivity contribution in [1.82, 2.24) is 5.16 Å². The SMILES string of the molecule is Brc1cccc2onc(NC3CC3)c12. The summed E-state index contributed by atoms with van der Waals surface area (Å²) in [6, 6.07) is 6.46. The monoisotopic (exact) mass is 252 g/mol. The van der Waals surface area contributed by atoms with Gasteiger partial charge in [-0.3, -0.25) is 0 Å². The maximum absolute atomic E-state index is 5.22. The van der Waals surface area contributed by atoms with Crippen molar-refractivity contribution in [2.45, 2.75) is 18.9 Å². The molecule has 0 unspecified atom stereocenters. The molecular formula is C10H9BrN2O. The Morgan fingerprint density at radius 1 is 1.43 bits per heavy atom. The van der Waals surface area contributed by atoms with Crippen molar-refractivity contribution < 1.29 is 4.52 Å². The second kappa shape index (κ2) is 2.98. The molecule has 4 heteroatoms. The van der Waals surface area contributed by atoms with Crippen LogP contribution in [0.15, 0.2) is 27.2 Å². The van der Waals surface area contributed by atoms with E-state index in [9.17, 15) is 0 Å². The first-order valence-electron chi connectivity index (χ1n) is 4.65. The smallest absolute Gasteiger partial charge is 0.178 e. The van der Waals surface area contributed by atoms with E-state index in [1.165, 1.54) is 12.8 Å². The number of hydrogen-bond acceptors (Lipinski definition) is 3. The van der Waals surface area contributed by atoms with E-state index in [0.29, 0.717) is 6.04 Å². The molecule has 14 heavy (non-hydrogen) atoms. The summed E-state index contributed by atoms with van der Waals surface area (Å²) >= 11 is 3.50. The van der Waals surface area contributed by atoms with Crippen molar-refractivity contribution >= 4 is 32.7 Å². The van der Waals surface area contributed by atoms with Gasteiger partial charge in [0.2, 0.25) is 0 Å². The van der Waals surface area contributed by atoms with Crippen LogP contribution in [0.25, 0.3) is 11.0 Å². The number of rotatable bonds is 2. The molecule has 3 nitrogen and oxygen atoms in total. The van der Waals surface area contributed by atoms with E-state index >= 15 is 0 Å². The predicted molar refractivity (Wildman–Crippen MR) is 58.4 cm³/mol. The summed E-state index contributed by atoms with van der Waals surface area (Å²) in [4.78, 5) is 0.